The average molecular weight is 356 g/mol. The standard InChI is InChI=1S/C19H24N4O3/c1-13-20-15-6-5-14(12-16(15)21-13)18(24)22-7-3-8-23(10-9-22)19(25)17-4-2-11-26-17/h5-6,12,17H,2-4,7-11H2,1H3,(H,20,21). The molecule has 2 aromatic rings. The van der Waals surface area contributed by atoms with E-state index in [9.17, 15) is 9.59 Å². The van der Waals surface area contributed by atoms with E-state index in [1.807, 2.05) is 34.9 Å². The number of rotatable bonds is 2. The molecule has 1 N–H and O–H groups in total. The third-order valence-electron chi connectivity index (χ3n) is 5.15. The highest BCUT2D eigenvalue weighted by Gasteiger charge is 2.30. The molecule has 4 rings (SSSR count). The van der Waals surface area contributed by atoms with Crippen LogP contribution in [0.15, 0.2) is 18.2 Å². The molecule has 26 heavy (non-hydrogen) atoms. The molecule has 0 aliphatic carbocycles. The number of hydrogen-bond acceptors (Lipinski definition) is 4. The van der Waals surface area contributed by atoms with Gasteiger partial charge in [0.15, 0.2) is 0 Å². The van der Waals surface area contributed by atoms with Gasteiger partial charge in [0.05, 0.1) is 11.0 Å². The summed E-state index contributed by atoms with van der Waals surface area (Å²) in [5, 5.41) is 0. The van der Waals surface area contributed by atoms with Gasteiger partial charge in [-0.1, -0.05) is 0 Å². The third-order valence-corrected chi connectivity index (χ3v) is 5.15. The molecular weight excluding hydrogens is 332 g/mol. The fourth-order valence-electron chi connectivity index (χ4n) is 3.77. The molecule has 3 heterocycles. The first-order valence-electron chi connectivity index (χ1n) is 9.28. The SMILES string of the molecule is Cc1nc2ccc(C(=O)N3CCCN(C(=O)C4CCCO4)CC3)cc2[nH]1. The number of benzene rings is 1. The molecule has 1 aromatic carbocycles. The number of nitrogens with zero attached hydrogens (tertiary/aromatic N) is 3. The van der Waals surface area contributed by atoms with Gasteiger partial charge in [-0.3, -0.25) is 9.59 Å². The van der Waals surface area contributed by atoms with E-state index >= 15 is 0 Å². The highest BCUT2D eigenvalue weighted by Crippen LogP contribution is 2.18. The zero-order valence-electron chi connectivity index (χ0n) is 15.0. The molecule has 0 bridgehead atoms. The fourth-order valence-corrected chi connectivity index (χ4v) is 3.77. The van der Waals surface area contributed by atoms with Crippen molar-refractivity contribution in [3.05, 3.63) is 29.6 Å². The van der Waals surface area contributed by atoms with Crippen LogP contribution in [-0.4, -0.2) is 70.5 Å². The van der Waals surface area contributed by atoms with E-state index in [0.29, 0.717) is 38.3 Å². The highest BCUT2D eigenvalue weighted by molar-refractivity contribution is 5.97. The van der Waals surface area contributed by atoms with Gasteiger partial charge in [-0.15, -0.1) is 0 Å². The van der Waals surface area contributed by atoms with E-state index in [1.165, 1.54) is 0 Å². The zero-order chi connectivity index (χ0) is 18.1. The van der Waals surface area contributed by atoms with Crippen LogP contribution in [0, 0.1) is 6.92 Å². The summed E-state index contributed by atoms with van der Waals surface area (Å²) in [6.07, 6.45) is 2.25. The number of fused-ring (bicyclic) bond motifs is 1. The second-order valence-electron chi connectivity index (χ2n) is 7.03. The second kappa shape index (κ2) is 7.07. The molecule has 2 aliphatic heterocycles. The number of aromatic nitrogens is 2. The van der Waals surface area contributed by atoms with Crippen molar-refractivity contribution in [3.8, 4) is 0 Å². The number of aromatic amines is 1. The number of aryl methyl sites for hydroxylation is 1. The number of amides is 2. The molecule has 2 aliphatic rings. The second-order valence-corrected chi connectivity index (χ2v) is 7.03. The molecular formula is C19H24N4O3. The van der Waals surface area contributed by atoms with Crippen molar-refractivity contribution in [2.45, 2.75) is 32.3 Å². The quantitative estimate of drug-likeness (QED) is 0.889. The Morgan fingerprint density at radius 1 is 1.15 bits per heavy atom. The van der Waals surface area contributed by atoms with Crippen molar-refractivity contribution in [2.24, 2.45) is 0 Å². The molecule has 0 saturated carbocycles. The Kier molecular flexibility index (Phi) is 4.63. The molecule has 2 amide bonds. The molecule has 0 radical (unpaired) electrons. The zero-order valence-corrected chi connectivity index (χ0v) is 15.0. The summed E-state index contributed by atoms with van der Waals surface area (Å²) in [6, 6.07) is 5.56. The lowest BCUT2D eigenvalue weighted by atomic mass is 10.1. The van der Waals surface area contributed by atoms with Crippen molar-refractivity contribution in [2.75, 3.05) is 32.8 Å². The summed E-state index contributed by atoms with van der Waals surface area (Å²) in [4.78, 5) is 36.7. The van der Waals surface area contributed by atoms with Crippen molar-refractivity contribution in [3.63, 3.8) is 0 Å². The smallest absolute Gasteiger partial charge is 0.253 e. The minimum atomic E-state index is -0.289. The number of hydrogen-bond donors (Lipinski definition) is 1. The largest absolute Gasteiger partial charge is 0.368 e. The van der Waals surface area contributed by atoms with Crippen LogP contribution >= 0.6 is 0 Å². The minimum absolute atomic E-state index is 0.00516. The molecule has 1 aromatic heterocycles. The van der Waals surface area contributed by atoms with Gasteiger partial charge in [-0.05, 0) is 44.4 Å². The predicted molar refractivity (Wildman–Crippen MR) is 96.9 cm³/mol. The van der Waals surface area contributed by atoms with Crippen molar-refractivity contribution < 1.29 is 14.3 Å². The van der Waals surface area contributed by atoms with Gasteiger partial charge < -0.3 is 19.5 Å². The first-order valence-corrected chi connectivity index (χ1v) is 9.28. The maximum atomic E-state index is 12.9. The van der Waals surface area contributed by atoms with Gasteiger partial charge in [0, 0.05) is 38.3 Å². The van der Waals surface area contributed by atoms with Gasteiger partial charge in [0.1, 0.15) is 11.9 Å². The van der Waals surface area contributed by atoms with Crippen LogP contribution in [0.4, 0.5) is 0 Å². The Balaban J connectivity index is 1.44. The Labute approximate surface area is 152 Å². The van der Waals surface area contributed by atoms with Crippen LogP contribution in [0.25, 0.3) is 11.0 Å². The van der Waals surface area contributed by atoms with E-state index < -0.39 is 0 Å². The first-order chi connectivity index (χ1) is 12.6. The Morgan fingerprint density at radius 3 is 2.77 bits per heavy atom. The van der Waals surface area contributed by atoms with Crippen LogP contribution in [0.1, 0.15) is 35.4 Å². The fraction of sp³-hybridized carbons (Fsp3) is 0.526. The number of imidazole rings is 1. The maximum absolute atomic E-state index is 12.9. The van der Waals surface area contributed by atoms with Gasteiger partial charge in [-0.25, -0.2) is 4.98 Å². The van der Waals surface area contributed by atoms with Crippen LogP contribution < -0.4 is 0 Å². The van der Waals surface area contributed by atoms with Crippen LogP contribution in [-0.2, 0) is 9.53 Å². The Morgan fingerprint density at radius 2 is 1.96 bits per heavy atom. The van der Waals surface area contributed by atoms with E-state index in [-0.39, 0.29) is 17.9 Å². The van der Waals surface area contributed by atoms with Gasteiger partial charge in [0.25, 0.3) is 11.8 Å². The lowest BCUT2D eigenvalue weighted by molar-refractivity contribution is -0.140. The molecule has 2 fully saturated rings. The molecule has 7 heteroatoms. The van der Waals surface area contributed by atoms with Crippen molar-refractivity contribution in [1.82, 2.24) is 19.8 Å². The van der Waals surface area contributed by atoms with Crippen LogP contribution in [0.3, 0.4) is 0 Å². The number of nitrogens with one attached hydrogen (secondary N) is 1. The normalized spacial score (nSPS) is 21.2. The van der Waals surface area contributed by atoms with E-state index in [4.69, 9.17) is 4.74 Å². The molecule has 138 valence electrons. The molecule has 7 nitrogen and oxygen atoms in total. The highest BCUT2D eigenvalue weighted by atomic mass is 16.5. The predicted octanol–water partition coefficient (Wildman–Crippen LogP) is 1.72. The third kappa shape index (κ3) is 3.31. The van der Waals surface area contributed by atoms with Crippen molar-refractivity contribution in [1.29, 1.82) is 0 Å². The lowest BCUT2D eigenvalue weighted by Crippen LogP contribution is -2.41. The number of ether oxygens (including phenoxy) is 1. The Hall–Kier alpha value is -2.41. The van der Waals surface area contributed by atoms with Crippen LogP contribution in [0.5, 0.6) is 0 Å². The lowest BCUT2D eigenvalue weighted by Gasteiger charge is -2.24. The van der Waals surface area contributed by atoms with Crippen LogP contribution in [0.2, 0.25) is 0 Å². The molecule has 1 atom stereocenters. The van der Waals surface area contributed by atoms with Gasteiger partial charge in [-0.2, -0.15) is 0 Å². The van der Waals surface area contributed by atoms with Gasteiger partial charge in [0.2, 0.25) is 0 Å². The van der Waals surface area contributed by atoms with Gasteiger partial charge >= 0.3 is 0 Å². The Bertz CT molecular complexity index is 825. The summed E-state index contributed by atoms with van der Waals surface area (Å²) < 4.78 is 5.51. The molecule has 0 spiro atoms. The van der Waals surface area contributed by atoms with E-state index in [2.05, 4.69) is 9.97 Å². The molecule has 2 saturated heterocycles. The number of carbonyl (C=O) groups is 2. The summed E-state index contributed by atoms with van der Waals surface area (Å²) in [5.74, 6) is 0.916. The molecule has 1 unspecified atom stereocenters. The monoisotopic (exact) mass is 356 g/mol. The average Bonchev–Trinajstić information content (AvgIpc) is 3.23. The van der Waals surface area contributed by atoms with E-state index in [0.717, 1.165) is 36.1 Å². The number of H-pyrrole nitrogens is 1. The van der Waals surface area contributed by atoms with E-state index in [1.54, 1.807) is 0 Å². The maximum Gasteiger partial charge on any atom is 0.253 e. The summed E-state index contributed by atoms with van der Waals surface area (Å²) >= 11 is 0. The minimum Gasteiger partial charge on any atom is -0.368 e. The number of carbonyl (C=O) groups excluding carboxylic acids is 2. The topological polar surface area (TPSA) is 78.5 Å². The first kappa shape index (κ1) is 17.0. The summed E-state index contributed by atoms with van der Waals surface area (Å²) in [7, 11) is 0. The summed E-state index contributed by atoms with van der Waals surface area (Å²) in [5.41, 5.74) is 2.39. The summed E-state index contributed by atoms with van der Waals surface area (Å²) in [6.45, 7) is 5.03. The van der Waals surface area contributed by atoms with Crippen molar-refractivity contribution >= 4 is 22.8 Å².